The molecule has 0 amide bonds. The van der Waals surface area contributed by atoms with Crippen molar-refractivity contribution in [1.82, 2.24) is 4.90 Å². The molecule has 5 unspecified atom stereocenters. The van der Waals surface area contributed by atoms with Crippen molar-refractivity contribution in [3.05, 3.63) is 35.4 Å². The van der Waals surface area contributed by atoms with Crippen molar-refractivity contribution in [3.63, 3.8) is 0 Å². The maximum atomic E-state index is 10.2. The van der Waals surface area contributed by atoms with Gasteiger partial charge in [0.25, 0.3) is 0 Å². The summed E-state index contributed by atoms with van der Waals surface area (Å²) >= 11 is 0. The monoisotopic (exact) mass is 288 g/mol. The maximum Gasteiger partial charge on any atom is 0.0583 e. The number of aryl methyl sites for hydroxylation is 1. The molecule has 3 nitrogen and oxygen atoms in total. The van der Waals surface area contributed by atoms with Crippen LogP contribution in [0.5, 0.6) is 0 Å². The van der Waals surface area contributed by atoms with E-state index in [4.69, 9.17) is 5.73 Å². The summed E-state index contributed by atoms with van der Waals surface area (Å²) in [6.45, 7) is 6.39. The summed E-state index contributed by atoms with van der Waals surface area (Å²) in [5, 5.41) is 10.2. The van der Waals surface area contributed by atoms with Gasteiger partial charge in [-0.1, -0.05) is 36.8 Å². The number of nitrogens with zero attached hydrogens (tertiary/aromatic N) is 1. The Balaban J connectivity index is 1.84. The van der Waals surface area contributed by atoms with Gasteiger partial charge in [-0.05, 0) is 37.7 Å². The minimum absolute atomic E-state index is 0.101. The van der Waals surface area contributed by atoms with Crippen molar-refractivity contribution < 1.29 is 5.11 Å². The molecule has 1 aromatic rings. The van der Waals surface area contributed by atoms with Crippen LogP contribution in [0.2, 0.25) is 0 Å². The van der Waals surface area contributed by atoms with Crippen LogP contribution in [0.1, 0.15) is 43.4 Å². The van der Waals surface area contributed by atoms with Crippen LogP contribution in [0.4, 0.5) is 0 Å². The third kappa shape index (κ3) is 2.87. The molecule has 21 heavy (non-hydrogen) atoms. The quantitative estimate of drug-likeness (QED) is 0.895. The predicted octanol–water partition coefficient (Wildman–Crippen LogP) is 2.48. The van der Waals surface area contributed by atoms with E-state index >= 15 is 0 Å². The van der Waals surface area contributed by atoms with E-state index in [-0.39, 0.29) is 18.2 Å². The zero-order valence-corrected chi connectivity index (χ0v) is 13.2. The van der Waals surface area contributed by atoms with Crippen LogP contribution < -0.4 is 5.73 Å². The fourth-order valence-electron chi connectivity index (χ4n) is 4.30. The van der Waals surface area contributed by atoms with Gasteiger partial charge < -0.3 is 10.8 Å². The normalized spacial score (nSPS) is 32.1. The first kappa shape index (κ1) is 15.0. The first-order valence-corrected chi connectivity index (χ1v) is 8.34. The Morgan fingerprint density at radius 1 is 1.33 bits per heavy atom. The van der Waals surface area contributed by atoms with Crippen molar-refractivity contribution in [2.45, 2.75) is 51.3 Å². The highest BCUT2D eigenvalue weighted by atomic mass is 16.3. The highest BCUT2D eigenvalue weighted by Crippen LogP contribution is 2.42. The summed E-state index contributed by atoms with van der Waals surface area (Å²) in [4.78, 5) is 2.53. The molecule has 1 saturated heterocycles. The number of benzene rings is 1. The number of aliphatic hydroxyl groups is 1. The first-order valence-electron chi connectivity index (χ1n) is 8.34. The van der Waals surface area contributed by atoms with Gasteiger partial charge >= 0.3 is 0 Å². The SMILES string of the molecule is CCC(N)C(c1cccc(C)c1)N1CC2CCC(O)C2C1. The number of likely N-dealkylation sites (tertiary alicyclic amines) is 1. The smallest absolute Gasteiger partial charge is 0.0583 e. The lowest BCUT2D eigenvalue weighted by Gasteiger charge is -2.33. The van der Waals surface area contributed by atoms with E-state index in [0.29, 0.717) is 11.8 Å². The highest BCUT2D eigenvalue weighted by molar-refractivity contribution is 5.26. The van der Waals surface area contributed by atoms with Gasteiger partial charge in [0.1, 0.15) is 0 Å². The number of aliphatic hydroxyl groups excluding tert-OH is 1. The Morgan fingerprint density at radius 3 is 2.81 bits per heavy atom. The van der Waals surface area contributed by atoms with Gasteiger partial charge in [0.15, 0.2) is 0 Å². The summed E-state index contributed by atoms with van der Waals surface area (Å²) in [6, 6.07) is 9.19. The van der Waals surface area contributed by atoms with Crippen LogP contribution in [0.3, 0.4) is 0 Å². The molecule has 2 aliphatic rings. The molecule has 1 heterocycles. The van der Waals surface area contributed by atoms with Gasteiger partial charge in [-0.15, -0.1) is 0 Å². The standard InChI is InChI=1S/C18H28N2O/c1-3-16(19)18(13-6-4-5-12(2)9-13)20-10-14-7-8-17(21)15(14)11-20/h4-6,9,14-18,21H,3,7-8,10-11,19H2,1-2H3. The number of hydrogen-bond donors (Lipinski definition) is 2. The van der Waals surface area contributed by atoms with E-state index in [1.54, 1.807) is 0 Å². The minimum atomic E-state index is -0.101. The second-order valence-electron chi connectivity index (χ2n) is 6.95. The topological polar surface area (TPSA) is 49.5 Å². The third-order valence-corrected chi connectivity index (χ3v) is 5.50. The summed E-state index contributed by atoms with van der Waals surface area (Å²) in [6.07, 6.45) is 3.03. The molecule has 3 rings (SSSR count). The second kappa shape index (κ2) is 6.07. The van der Waals surface area contributed by atoms with Crippen LogP contribution in [0.15, 0.2) is 24.3 Å². The first-order chi connectivity index (χ1) is 10.1. The van der Waals surface area contributed by atoms with Crippen molar-refractivity contribution in [3.8, 4) is 0 Å². The Morgan fingerprint density at radius 2 is 2.14 bits per heavy atom. The average Bonchev–Trinajstić information content (AvgIpc) is 3.02. The Kier molecular flexibility index (Phi) is 4.34. The number of rotatable bonds is 4. The van der Waals surface area contributed by atoms with Gasteiger partial charge in [0, 0.05) is 31.1 Å². The van der Waals surface area contributed by atoms with Crippen LogP contribution in [0, 0.1) is 18.8 Å². The molecule has 0 aromatic heterocycles. The molecule has 0 bridgehead atoms. The van der Waals surface area contributed by atoms with Crippen molar-refractivity contribution in [1.29, 1.82) is 0 Å². The molecule has 1 aliphatic heterocycles. The molecule has 1 saturated carbocycles. The van der Waals surface area contributed by atoms with Crippen LogP contribution in [-0.2, 0) is 0 Å². The van der Waals surface area contributed by atoms with Crippen LogP contribution in [-0.4, -0.2) is 35.2 Å². The lowest BCUT2D eigenvalue weighted by Crippen LogP contribution is -2.40. The zero-order valence-electron chi connectivity index (χ0n) is 13.2. The number of nitrogens with two attached hydrogens (primary N) is 1. The van der Waals surface area contributed by atoms with Gasteiger partial charge in [-0.3, -0.25) is 4.90 Å². The largest absolute Gasteiger partial charge is 0.393 e. The third-order valence-electron chi connectivity index (χ3n) is 5.50. The van der Waals surface area contributed by atoms with Gasteiger partial charge in [-0.2, -0.15) is 0 Å². The molecule has 3 heteroatoms. The summed E-state index contributed by atoms with van der Waals surface area (Å²) in [5.74, 6) is 1.12. The predicted molar refractivity (Wildman–Crippen MR) is 86.0 cm³/mol. The van der Waals surface area contributed by atoms with Crippen LogP contribution >= 0.6 is 0 Å². The zero-order chi connectivity index (χ0) is 15.0. The van der Waals surface area contributed by atoms with E-state index in [1.807, 2.05) is 0 Å². The van der Waals surface area contributed by atoms with Gasteiger partial charge in [0.2, 0.25) is 0 Å². The highest BCUT2D eigenvalue weighted by Gasteiger charge is 2.44. The van der Waals surface area contributed by atoms with E-state index < -0.39 is 0 Å². The fourth-order valence-corrected chi connectivity index (χ4v) is 4.30. The summed E-state index contributed by atoms with van der Waals surface area (Å²) in [5.41, 5.74) is 9.08. The lowest BCUT2D eigenvalue weighted by atomic mass is 9.95. The lowest BCUT2D eigenvalue weighted by molar-refractivity contribution is 0.114. The average molecular weight is 288 g/mol. The molecule has 3 N–H and O–H groups in total. The molecule has 116 valence electrons. The second-order valence-corrected chi connectivity index (χ2v) is 6.95. The van der Waals surface area contributed by atoms with E-state index in [1.165, 1.54) is 17.5 Å². The molecule has 1 aromatic carbocycles. The van der Waals surface area contributed by atoms with Crippen molar-refractivity contribution in [2.24, 2.45) is 17.6 Å². The fraction of sp³-hybridized carbons (Fsp3) is 0.667. The molecule has 5 atom stereocenters. The Labute approximate surface area is 128 Å². The molecule has 1 aliphatic carbocycles. The van der Waals surface area contributed by atoms with Crippen LogP contribution in [0.25, 0.3) is 0 Å². The molecular formula is C18H28N2O. The molecule has 0 radical (unpaired) electrons. The van der Waals surface area contributed by atoms with Crippen molar-refractivity contribution in [2.75, 3.05) is 13.1 Å². The van der Waals surface area contributed by atoms with E-state index in [9.17, 15) is 5.11 Å². The van der Waals surface area contributed by atoms with E-state index in [0.717, 1.165) is 25.9 Å². The maximum absolute atomic E-state index is 10.2. The van der Waals surface area contributed by atoms with Gasteiger partial charge in [0.05, 0.1) is 6.10 Å². The molecule has 0 spiro atoms. The van der Waals surface area contributed by atoms with Gasteiger partial charge in [-0.25, -0.2) is 0 Å². The summed E-state index contributed by atoms with van der Waals surface area (Å²) in [7, 11) is 0. The Hall–Kier alpha value is -0.900. The molecule has 2 fully saturated rings. The van der Waals surface area contributed by atoms with E-state index in [2.05, 4.69) is 43.0 Å². The Bertz CT molecular complexity index is 490. The number of hydrogen-bond acceptors (Lipinski definition) is 3. The molecular weight excluding hydrogens is 260 g/mol. The minimum Gasteiger partial charge on any atom is -0.393 e. The summed E-state index contributed by atoms with van der Waals surface area (Å²) < 4.78 is 0. The van der Waals surface area contributed by atoms with Crippen molar-refractivity contribution >= 4 is 0 Å². The number of fused-ring (bicyclic) bond motifs is 1.